The summed E-state index contributed by atoms with van der Waals surface area (Å²) in [6.07, 6.45) is 5.59. The zero-order valence-corrected chi connectivity index (χ0v) is 13.0. The minimum Gasteiger partial charge on any atom is -0.0982 e. The smallest absolute Gasteiger partial charge is 0.0175 e. The van der Waals surface area contributed by atoms with E-state index in [1.807, 2.05) is 0 Å². The zero-order valence-electron chi connectivity index (χ0n) is 11.5. The first-order valence-electron chi connectivity index (χ1n) is 6.59. The van der Waals surface area contributed by atoms with Crippen LogP contribution in [0.2, 0.25) is 0 Å². The Balaban J connectivity index is 2.83. The number of benzene rings is 1. The monoisotopic (exact) mass is 304 g/mol. The lowest BCUT2D eigenvalue weighted by Crippen LogP contribution is -1.91. The quantitative estimate of drug-likeness (QED) is 0.496. The average Bonchev–Trinajstić information content (AvgIpc) is 2.35. The Hall–Kier alpha value is -1.00. The summed E-state index contributed by atoms with van der Waals surface area (Å²) < 4.78 is 1.11. The van der Waals surface area contributed by atoms with Gasteiger partial charge in [-0.3, -0.25) is 0 Å². The molecule has 0 aliphatic heterocycles. The molecule has 1 aromatic rings. The molecule has 0 radical (unpaired) electrons. The fraction of sp³-hybridized carbons (Fsp3) is 0.412. The molecule has 0 aromatic heterocycles. The summed E-state index contributed by atoms with van der Waals surface area (Å²) in [6.45, 7) is 6.58. The highest BCUT2D eigenvalue weighted by atomic mass is 79.9. The third-order valence-corrected chi connectivity index (χ3v) is 3.23. The van der Waals surface area contributed by atoms with E-state index in [1.54, 1.807) is 0 Å². The molecule has 1 heteroatoms. The molecule has 96 valence electrons. The van der Waals surface area contributed by atoms with Gasteiger partial charge < -0.3 is 0 Å². The minimum absolute atomic E-state index is 0.475. The van der Waals surface area contributed by atoms with Crippen LogP contribution >= 0.6 is 15.9 Å². The molecule has 0 N–H and O–H groups in total. The molecule has 0 fully saturated rings. The van der Waals surface area contributed by atoms with Gasteiger partial charge in [-0.25, -0.2) is 0 Å². The zero-order chi connectivity index (χ0) is 13.4. The molecule has 0 heterocycles. The van der Waals surface area contributed by atoms with Gasteiger partial charge in [-0.05, 0) is 36.1 Å². The third kappa shape index (κ3) is 5.56. The van der Waals surface area contributed by atoms with Gasteiger partial charge in [0.25, 0.3) is 0 Å². The van der Waals surface area contributed by atoms with E-state index in [4.69, 9.17) is 0 Å². The molecule has 1 rings (SSSR count). The van der Waals surface area contributed by atoms with Crippen LogP contribution in [0.1, 0.15) is 45.6 Å². The summed E-state index contributed by atoms with van der Waals surface area (Å²) in [6, 6.07) is 8.35. The van der Waals surface area contributed by atoms with Crippen molar-refractivity contribution in [2.75, 3.05) is 0 Å². The van der Waals surface area contributed by atoms with E-state index in [0.717, 1.165) is 10.9 Å². The largest absolute Gasteiger partial charge is 0.0982 e. The fourth-order valence-electron chi connectivity index (χ4n) is 1.52. The van der Waals surface area contributed by atoms with E-state index in [-0.39, 0.29) is 0 Å². The lowest BCUT2D eigenvalue weighted by molar-refractivity contribution is 0.801. The van der Waals surface area contributed by atoms with Gasteiger partial charge >= 0.3 is 0 Å². The van der Waals surface area contributed by atoms with Crippen LogP contribution in [0.4, 0.5) is 0 Å². The Labute approximate surface area is 120 Å². The Bertz CT molecular complexity index is 441. The van der Waals surface area contributed by atoms with E-state index in [2.05, 4.69) is 78.9 Å². The lowest BCUT2D eigenvalue weighted by atomic mass is 10.0. The topological polar surface area (TPSA) is 0 Å². The van der Waals surface area contributed by atoms with Crippen LogP contribution in [0, 0.1) is 17.8 Å². The Morgan fingerprint density at radius 1 is 1.28 bits per heavy atom. The van der Waals surface area contributed by atoms with Gasteiger partial charge in [0.05, 0.1) is 0 Å². The number of rotatable bonds is 4. The molecule has 0 nitrogen and oxygen atoms in total. The third-order valence-electron chi connectivity index (χ3n) is 2.70. The maximum absolute atomic E-state index is 3.45. The minimum atomic E-state index is 0.475. The van der Waals surface area contributed by atoms with E-state index >= 15 is 0 Å². The summed E-state index contributed by atoms with van der Waals surface area (Å²) in [5.41, 5.74) is 2.43. The van der Waals surface area contributed by atoms with E-state index in [0.29, 0.717) is 5.92 Å². The van der Waals surface area contributed by atoms with E-state index < -0.39 is 0 Å². The molecule has 1 aromatic carbocycles. The summed E-state index contributed by atoms with van der Waals surface area (Å²) in [5.74, 6) is 7.06. The van der Waals surface area contributed by atoms with Gasteiger partial charge in [0.15, 0.2) is 0 Å². The van der Waals surface area contributed by atoms with Crippen LogP contribution in [0.5, 0.6) is 0 Å². The number of halogens is 1. The van der Waals surface area contributed by atoms with Crippen LogP contribution < -0.4 is 0 Å². The van der Waals surface area contributed by atoms with Crippen LogP contribution in [0.3, 0.4) is 0 Å². The van der Waals surface area contributed by atoms with Gasteiger partial charge in [-0.15, -0.1) is 0 Å². The number of hydrogen-bond donors (Lipinski definition) is 0. The van der Waals surface area contributed by atoms with Crippen molar-refractivity contribution in [3.05, 3.63) is 39.9 Å². The van der Waals surface area contributed by atoms with Crippen LogP contribution in [0.15, 0.2) is 34.3 Å². The van der Waals surface area contributed by atoms with Crippen molar-refractivity contribution in [1.82, 2.24) is 0 Å². The van der Waals surface area contributed by atoms with Crippen molar-refractivity contribution in [2.45, 2.75) is 40.0 Å². The Kier molecular flexibility index (Phi) is 6.83. The number of allylic oxidation sites excluding steroid dienone is 1. The van der Waals surface area contributed by atoms with E-state index in [9.17, 15) is 0 Å². The highest BCUT2D eigenvalue weighted by Gasteiger charge is 2.00. The highest BCUT2D eigenvalue weighted by molar-refractivity contribution is 9.10. The highest BCUT2D eigenvalue weighted by Crippen LogP contribution is 2.16. The van der Waals surface area contributed by atoms with Gasteiger partial charge in [0, 0.05) is 16.5 Å². The Morgan fingerprint density at radius 3 is 2.50 bits per heavy atom. The standard InChI is InChI=1S/C17H21Br/c1-4-5-6-7-8-16(14(2)3)13-15-9-11-17(18)12-10-15/h9-14H,4-6H2,1-3H3/b16-13-. The molecule has 0 atom stereocenters. The normalized spacial score (nSPS) is 11.3. The maximum atomic E-state index is 3.45. The molecule has 0 saturated heterocycles. The first kappa shape index (κ1) is 15.1. The Morgan fingerprint density at radius 2 is 1.94 bits per heavy atom. The molecule has 0 bridgehead atoms. The summed E-state index contributed by atoms with van der Waals surface area (Å²) in [5, 5.41) is 0. The molecule has 0 aliphatic rings. The van der Waals surface area contributed by atoms with Crippen molar-refractivity contribution in [1.29, 1.82) is 0 Å². The van der Waals surface area contributed by atoms with Crippen molar-refractivity contribution in [2.24, 2.45) is 5.92 Å². The summed E-state index contributed by atoms with van der Waals surface area (Å²) >= 11 is 3.45. The van der Waals surface area contributed by atoms with Gasteiger partial charge in [-0.1, -0.05) is 67.1 Å². The van der Waals surface area contributed by atoms with Crippen molar-refractivity contribution < 1.29 is 0 Å². The SMILES string of the molecule is CCCCC#C/C(=C/c1ccc(Br)cc1)C(C)C. The molecular weight excluding hydrogens is 284 g/mol. The molecule has 0 amide bonds. The van der Waals surface area contributed by atoms with Crippen LogP contribution in [-0.4, -0.2) is 0 Å². The summed E-state index contributed by atoms with van der Waals surface area (Å²) in [4.78, 5) is 0. The number of unbranched alkanes of at least 4 members (excludes halogenated alkanes) is 2. The summed E-state index contributed by atoms with van der Waals surface area (Å²) in [7, 11) is 0. The molecule has 0 saturated carbocycles. The maximum Gasteiger partial charge on any atom is 0.0175 e. The van der Waals surface area contributed by atoms with Crippen molar-refractivity contribution in [3.8, 4) is 11.8 Å². The lowest BCUT2D eigenvalue weighted by Gasteiger charge is -2.04. The number of hydrogen-bond acceptors (Lipinski definition) is 0. The molecular formula is C17H21Br. The predicted octanol–water partition coefficient (Wildman–Crippen LogP) is 5.68. The van der Waals surface area contributed by atoms with E-state index in [1.165, 1.54) is 24.0 Å². The fourth-order valence-corrected chi connectivity index (χ4v) is 1.78. The second-order valence-corrected chi connectivity index (χ2v) is 5.63. The molecule has 0 spiro atoms. The van der Waals surface area contributed by atoms with Gasteiger partial charge in [0.2, 0.25) is 0 Å². The van der Waals surface area contributed by atoms with Crippen LogP contribution in [-0.2, 0) is 0 Å². The van der Waals surface area contributed by atoms with Crippen molar-refractivity contribution >= 4 is 22.0 Å². The second kappa shape index (κ2) is 8.16. The van der Waals surface area contributed by atoms with Crippen molar-refractivity contribution in [3.63, 3.8) is 0 Å². The van der Waals surface area contributed by atoms with Crippen LogP contribution in [0.25, 0.3) is 6.08 Å². The average molecular weight is 305 g/mol. The van der Waals surface area contributed by atoms with Gasteiger partial charge in [0.1, 0.15) is 0 Å². The first-order valence-corrected chi connectivity index (χ1v) is 7.38. The predicted molar refractivity (Wildman–Crippen MR) is 84.3 cm³/mol. The molecule has 0 aliphatic carbocycles. The second-order valence-electron chi connectivity index (χ2n) is 4.71. The molecule has 0 unspecified atom stereocenters. The molecule has 18 heavy (non-hydrogen) atoms. The van der Waals surface area contributed by atoms with Gasteiger partial charge in [-0.2, -0.15) is 0 Å². The first-order chi connectivity index (χ1) is 8.63.